The SMILES string of the molecule is CO[P+](=O)Oc1ccccc1.[Ca+2].[H-].[H-]. The molecule has 0 heterocycles. The average Bonchev–Trinajstić information content (AvgIpc) is 2.06. The van der Waals surface area contributed by atoms with Crippen LogP contribution in [0.25, 0.3) is 0 Å². The fraction of sp³-hybridized carbons (Fsp3) is 0.143. The molecule has 0 aliphatic rings. The van der Waals surface area contributed by atoms with Crippen LogP contribution in [0.15, 0.2) is 30.3 Å². The van der Waals surface area contributed by atoms with E-state index in [0.29, 0.717) is 5.75 Å². The summed E-state index contributed by atoms with van der Waals surface area (Å²) in [4.78, 5) is 0. The Morgan fingerprint density at radius 1 is 1.33 bits per heavy atom. The molecule has 5 heteroatoms. The molecule has 3 nitrogen and oxygen atoms in total. The van der Waals surface area contributed by atoms with Crippen LogP contribution in [-0.2, 0) is 9.09 Å². The molecule has 0 amide bonds. The zero-order chi connectivity index (χ0) is 8.10. The standard InChI is InChI=1S/C7H8O3P.Ca.2H/c1-9-11(8)10-7-5-3-2-4-6-7;;;/h2-6H,1H3;;;/q+1;+2;2*-1. The van der Waals surface area contributed by atoms with E-state index in [4.69, 9.17) is 4.52 Å². The summed E-state index contributed by atoms with van der Waals surface area (Å²) in [5, 5.41) is 0. The molecule has 1 aromatic rings. The normalized spacial score (nSPS) is 9.92. The van der Waals surface area contributed by atoms with Gasteiger partial charge in [0.1, 0.15) is 0 Å². The van der Waals surface area contributed by atoms with Crippen molar-refractivity contribution < 1.29 is 16.5 Å². The molecule has 0 N–H and O–H groups in total. The van der Waals surface area contributed by atoms with E-state index in [-0.39, 0.29) is 40.6 Å². The van der Waals surface area contributed by atoms with Crippen LogP contribution in [0, 0.1) is 0 Å². The van der Waals surface area contributed by atoms with Crippen molar-refractivity contribution >= 4 is 46.0 Å². The van der Waals surface area contributed by atoms with Crippen molar-refractivity contribution in [1.82, 2.24) is 0 Å². The molecule has 0 fully saturated rings. The van der Waals surface area contributed by atoms with Crippen molar-refractivity contribution in [2.24, 2.45) is 0 Å². The van der Waals surface area contributed by atoms with E-state index in [1.54, 1.807) is 24.3 Å². The molecule has 0 aliphatic heterocycles. The van der Waals surface area contributed by atoms with Gasteiger partial charge in [-0.25, -0.2) is 4.52 Å². The van der Waals surface area contributed by atoms with Gasteiger partial charge in [-0.3, -0.25) is 0 Å². The van der Waals surface area contributed by atoms with Crippen LogP contribution in [0.1, 0.15) is 2.85 Å². The first-order valence-corrected chi connectivity index (χ1v) is 4.17. The maximum atomic E-state index is 10.7. The van der Waals surface area contributed by atoms with Gasteiger partial charge in [0, 0.05) is 4.57 Å². The third-order valence-corrected chi connectivity index (χ3v) is 1.73. The van der Waals surface area contributed by atoms with E-state index in [9.17, 15) is 4.57 Å². The minimum absolute atomic E-state index is 0. The Morgan fingerprint density at radius 3 is 2.42 bits per heavy atom. The van der Waals surface area contributed by atoms with E-state index >= 15 is 0 Å². The molecular weight excluding hydrogens is 203 g/mol. The second-order valence-electron chi connectivity index (χ2n) is 1.81. The Kier molecular flexibility index (Phi) is 7.01. The smallest absolute Gasteiger partial charge is 1.00 e. The largest absolute Gasteiger partial charge is 2.00 e. The van der Waals surface area contributed by atoms with Crippen molar-refractivity contribution in [2.75, 3.05) is 7.11 Å². The van der Waals surface area contributed by atoms with Gasteiger partial charge in [0.15, 0.2) is 5.75 Å². The van der Waals surface area contributed by atoms with Gasteiger partial charge in [-0.05, 0) is 12.1 Å². The number of rotatable bonds is 3. The third-order valence-electron chi connectivity index (χ3n) is 1.07. The molecule has 0 bridgehead atoms. The minimum atomic E-state index is -2.00. The van der Waals surface area contributed by atoms with Gasteiger partial charge in [-0.1, -0.05) is 18.2 Å². The van der Waals surface area contributed by atoms with Crippen molar-refractivity contribution in [2.45, 2.75) is 0 Å². The second kappa shape index (κ2) is 6.81. The Labute approximate surface area is 105 Å². The van der Waals surface area contributed by atoms with Crippen LogP contribution in [0.5, 0.6) is 5.75 Å². The molecule has 0 spiro atoms. The van der Waals surface area contributed by atoms with Crippen LogP contribution in [-0.4, -0.2) is 44.8 Å². The van der Waals surface area contributed by atoms with Gasteiger partial charge < -0.3 is 2.85 Å². The molecule has 1 rings (SSSR count). The van der Waals surface area contributed by atoms with Gasteiger partial charge in [0.25, 0.3) is 0 Å². The molecule has 0 saturated carbocycles. The topological polar surface area (TPSA) is 35.5 Å². The van der Waals surface area contributed by atoms with E-state index in [1.807, 2.05) is 6.07 Å². The Morgan fingerprint density at radius 2 is 1.92 bits per heavy atom. The van der Waals surface area contributed by atoms with Crippen LogP contribution in [0.3, 0.4) is 0 Å². The van der Waals surface area contributed by atoms with Crippen molar-refractivity contribution in [3.63, 3.8) is 0 Å². The molecule has 12 heavy (non-hydrogen) atoms. The van der Waals surface area contributed by atoms with E-state index < -0.39 is 8.25 Å². The third kappa shape index (κ3) is 4.39. The first-order chi connectivity index (χ1) is 5.33. The molecule has 1 unspecified atom stereocenters. The van der Waals surface area contributed by atoms with E-state index in [0.717, 1.165) is 0 Å². The molecule has 0 aromatic heterocycles. The van der Waals surface area contributed by atoms with E-state index in [2.05, 4.69) is 4.52 Å². The quantitative estimate of drug-likeness (QED) is 0.570. The minimum Gasteiger partial charge on any atom is -1.00 e. The molecule has 62 valence electrons. The van der Waals surface area contributed by atoms with Gasteiger partial charge >= 0.3 is 46.0 Å². The summed E-state index contributed by atoms with van der Waals surface area (Å²) < 4.78 is 20.0. The fourth-order valence-corrected chi connectivity index (χ4v) is 0.973. The summed E-state index contributed by atoms with van der Waals surface area (Å²) in [5.74, 6) is 0.551. The summed E-state index contributed by atoms with van der Waals surface area (Å²) in [6.45, 7) is 0. The van der Waals surface area contributed by atoms with Crippen LogP contribution < -0.4 is 4.52 Å². The fourth-order valence-electron chi connectivity index (χ4n) is 0.605. The van der Waals surface area contributed by atoms with Gasteiger partial charge in [-0.2, -0.15) is 0 Å². The summed E-state index contributed by atoms with van der Waals surface area (Å²) >= 11 is 0. The first kappa shape index (κ1) is 12.3. The van der Waals surface area contributed by atoms with Crippen LogP contribution in [0.2, 0.25) is 0 Å². The van der Waals surface area contributed by atoms with E-state index in [1.165, 1.54) is 7.11 Å². The number of hydrogen-bond acceptors (Lipinski definition) is 3. The van der Waals surface area contributed by atoms with Crippen molar-refractivity contribution in [1.29, 1.82) is 0 Å². The predicted molar refractivity (Wildman–Crippen MR) is 49.7 cm³/mol. The predicted octanol–water partition coefficient (Wildman–Crippen LogP) is 2.21. The number of hydrogen-bond donors (Lipinski definition) is 0. The molecular formula is C7H10CaO3P+. The molecule has 1 atom stereocenters. The second-order valence-corrected chi connectivity index (χ2v) is 2.81. The van der Waals surface area contributed by atoms with Crippen molar-refractivity contribution in [3.8, 4) is 5.75 Å². The van der Waals surface area contributed by atoms with Gasteiger partial charge in [0.2, 0.25) is 0 Å². The average molecular weight is 213 g/mol. The zero-order valence-corrected chi connectivity index (χ0v) is 9.87. The zero-order valence-electron chi connectivity index (χ0n) is 8.77. The van der Waals surface area contributed by atoms with Crippen LogP contribution >= 0.6 is 8.25 Å². The first-order valence-electron chi connectivity index (χ1n) is 3.07. The van der Waals surface area contributed by atoms with Gasteiger partial charge in [-0.15, -0.1) is 4.52 Å². The van der Waals surface area contributed by atoms with Crippen molar-refractivity contribution in [3.05, 3.63) is 30.3 Å². The summed E-state index contributed by atoms with van der Waals surface area (Å²) in [7, 11) is -0.670. The Bertz CT molecular complexity index is 248. The van der Waals surface area contributed by atoms with Crippen LogP contribution in [0.4, 0.5) is 0 Å². The summed E-state index contributed by atoms with van der Waals surface area (Å²) in [6.07, 6.45) is 0. The number of para-hydroxylation sites is 1. The maximum Gasteiger partial charge on any atom is 2.00 e. The number of benzene rings is 1. The summed E-state index contributed by atoms with van der Waals surface area (Å²) in [5.41, 5.74) is 0. The molecule has 0 saturated heterocycles. The Hall–Kier alpha value is 0.340. The van der Waals surface area contributed by atoms with Gasteiger partial charge in [0.05, 0.1) is 7.11 Å². The summed E-state index contributed by atoms with van der Waals surface area (Å²) in [6, 6.07) is 8.88. The monoisotopic (exact) mass is 213 g/mol. The molecule has 1 aromatic carbocycles. The molecule has 0 radical (unpaired) electrons. The Balaban J connectivity index is -0.000000403. The molecule has 0 aliphatic carbocycles. The maximum absolute atomic E-state index is 10.7.